The third-order valence-corrected chi connectivity index (χ3v) is 4.36. The molecule has 1 saturated carbocycles. The van der Waals surface area contributed by atoms with Crippen LogP contribution in [0.5, 0.6) is 0 Å². The zero-order valence-electron chi connectivity index (χ0n) is 12.9. The third-order valence-electron chi connectivity index (χ3n) is 4.36. The van der Waals surface area contributed by atoms with Crippen LogP contribution in [0.15, 0.2) is 35.1 Å². The quantitative estimate of drug-likeness (QED) is 0.940. The van der Waals surface area contributed by atoms with Crippen molar-refractivity contribution in [3.05, 3.63) is 68.6 Å². The van der Waals surface area contributed by atoms with Crippen LogP contribution in [0.25, 0.3) is 0 Å². The fourth-order valence-electron chi connectivity index (χ4n) is 3.03. The van der Waals surface area contributed by atoms with E-state index >= 15 is 0 Å². The molecule has 3 heteroatoms. The molecule has 1 aliphatic carbocycles. The highest BCUT2D eigenvalue weighted by atomic mass is 16.1. The first kappa shape index (κ1) is 14.1. The Hall–Kier alpha value is -1.87. The fraction of sp³-hybridized carbons (Fsp3) is 0.389. The van der Waals surface area contributed by atoms with Gasteiger partial charge in [0.1, 0.15) is 0 Å². The van der Waals surface area contributed by atoms with Gasteiger partial charge < -0.3 is 10.3 Å². The Labute approximate surface area is 125 Å². The molecule has 1 unspecified atom stereocenters. The second-order valence-electron chi connectivity index (χ2n) is 6.17. The second-order valence-corrected chi connectivity index (χ2v) is 6.17. The highest BCUT2D eigenvalue weighted by molar-refractivity contribution is 5.38. The van der Waals surface area contributed by atoms with Gasteiger partial charge >= 0.3 is 0 Å². The summed E-state index contributed by atoms with van der Waals surface area (Å²) in [6.45, 7) is 6.11. The third kappa shape index (κ3) is 2.54. The van der Waals surface area contributed by atoms with Gasteiger partial charge in [-0.05, 0) is 56.9 Å². The van der Waals surface area contributed by atoms with Gasteiger partial charge in [0, 0.05) is 17.3 Å². The maximum Gasteiger partial charge on any atom is 0.256 e. The molecule has 1 atom stereocenters. The second kappa shape index (κ2) is 5.15. The van der Waals surface area contributed by atoms with Crippen LogP contribution in [-0.2, 0) is 0 Å². The maximum atomic E-state index is 12.7. The predicted octanol–water partition coefficient (Wildman–Crippen LogP) is 3.16. The van der Waals surface area contributed by atoms with Crippen molar-refractivity contribution in [3.8, 4) is 0 Å². The van der Waals surface area contributed by atoms with Crippen LogP contribution in [0, 0.1) is 20.8 Å². The monoisotopic (exact) mass is 282 g/mol. The first-order valence-corrected chi connectivity index (χ1v) is 7.54. The molecular weight excluding hydrogens is 260 g/mol. The van der Waals surface area contributed by atoms with Crippen LogP contribution in [-0.4, -0.2) is 4.57 Å². The Morgan fingerprint density at radius 2 is 1.76 bits per heavy atom. The summed E-state index contributed by atoms with van der Waals surface area (Å²) in [5.74, 6) is 0. The Morgan fingerprint density at radius 3 is 2.38 bits per heavy atom. The van der Waals surface area contributed by atoms with Gasteiger partial charge in [-0.25, -0.2) is 0 Å². The van der Waals surface area contributed by atoms with Crippen molar-refractivity contribution in [1.82, 2.24) is 4.57 Å². The number of aromatic nitrogens is 1. The number of hydrogen-bond acceptors (Lipinski definition) is 2. The van der Waals surface area contributed by atoms with E-state index in [9.17, 15) is 4.79 Å². The van der Waals surface area contributed by atoms with E-state index in [1.165, 1.54) is 5.56 Å². The van der Waals surface area contributed by atoms with E-state index in [-0.39, 0.29) is 11.6 Å². The average molecular weight is 282 g/mol. The van der Waals surface area contributed by atoms with E-state index in [0.29, 0.717) is 11.6 Å². The minimum Gasteiger partial charge on any atom is -0.320 e. The lowest BCUT2D eigenvalue weighted by Gasteiger charge is -2.18. The Kier molecular flexibility index (Phi) is 3.46. The van der Waals surface area contributed by atoms with Crippen molar-refractivity contribution < 1.29 is 0 Å². The predicted molar refractivity (Wildman–Crippen MR) is 85.7 cm³/mol. The summed E-state index contributed by atoms with van der Waals surface area (Å²) >= 11 is 0. The first-order valence-electron chi connectivity index (χ1n) is 7.54. The summed E-state index contributed by atoms with van der Waals surface area (Å²) in [6, 6.07) is 10.1. The summed E-state index contributed by atoms with van der Waals surface area (Å²) in [5.41, 5.74) is 11.6. The standard InChI is InChI=1S/C18H22N2O/c1-11-4-8-15(12(2)10-11)17(19)16-9-5-13(3)20(18(16)21)14-6-7-14/h4-5,8-10,14,17H,6-7,19H2,1-3H3. The lowest BCUT2D eigenvalue weighted by molar-refractivity contribution is 0.662. The van der Waals surface area contributed by atoms with Crippen molar-refractivity contribution >= 4 is 0 Å². The lowest BCUT2D eigenvalue weighted by Crippen LogP contribution is -2.29. The zero-order valence-corrected chi connectivity index (χ0v) is 12.9. The van der Waals surface area contributed by atoms with Gasteiger partial charge in [-0.15, -0.1) is 0 Å². The van der Waals surface area contributed by atoms with E-state index in [1.54, 1.807) is 0 Å². The number of benzene rings is 1. The molecule has 2 aromatic rings. The molecule has 2 N–H and O–H groups in total. The minimum atomic E-state index is -0.358. The molecule has 110 valence electrons. The summed E-state index contributed by atoms with van der Waals surface area (Å²) in [7, 11) is 0. The van der Waals surface area contributed by atoms with E-state index in [2.05, 4.69) is 26.0 Å². The van der Waals surface area contributed by atoms with Gasteiger partial charge in [-0.2, -0.15) is 0 Å². The van der Waals surface area contributed by atoms with Gasteiger partial charge in [0.2, 0.25) is 0 Å². The smallest absolute Gasteiger partial charge is 0.256 e. The van der Waals surface area contributed by atoms with Gasteiger partial charge in [0.25, 0.3) is 5.56 Å². The molecule has 0 saturated heterocycles. The molecule has 0 spiro atoms. The van der Waals surface area contributed by atoms with E-state index in [0.717, 1.165) is 29.7 Å². The van der Waals surface area contributed by atoms with Crippen LogP contribution < -0.4 is 11.3 Å². The number of nitrogens with zero attached hydrogens (tertiary/aromatic N) is 1. The number of nitrogens with two attached hydrogens (primary N) is 1. The van der Waals surface area contributed by atoms with Crippen LogP contribution in [0.2, 0.25) is 0 Å². The molecule has 0 aliphatic heterocycles. The largest absolute Gasteiger partial charge is 0.320 e. The molecule has 21 heavy (non-hydrogen) atoms. The van der Waals surface area contributed by atoms with E-state index in [4.69, 9.17) is 5.73 Å². The number of pyridine rings is 1. The SMILES string of the molecule is Cc1ccc(C(N)c2ccc(C)n(C3CC3)c2=O)c(C)c1. The Balaban J connectivity index is 2.08. The highest BCUT2D eigenvalue weighted by Crippen LogP contribution is 2.35. The van der Waals surface area contributed by atoms with Gasteiger partial charge in [0.05, 0.1) is 6.04 Å². The van der Waals surface area contributed by atoms with Crippen molar-refractivity contribution in [2.45, 2.75) is 45.7 Å². The van der Waals surface area contributed by atoms with E-state index < -0.39 is 0 Å². The molecule has 0 amide bonds. The molecule has 0 bridgehead atoms. The first-order chi connectivity index (χ1) is 9.99. The lowest BCUT2D eigenvalue weighted by atomic mass is 9.95. The van der Waals surface area contributed by atoms with Gasteiger partial charge in [-0.3, -0.25) is 4.79 Å². The van der Waals surface area contributed by atoms with Gasteiger partial charge in [0.15, 0.2) is 0 Å². The number of hydrogen-bond donors (Lipinski definition) is 1. The summed E-state index contributed by atoms with van der Waals surface area (Å²) in [6.07, 6.45) is 2.20. The maximum absolute atomic E-state index is 12.7. The van der Waals surface area contributed by atoms with Crippen molar-refractivity contribution in [1.29, 1.82) is 0 Å². The van der Waals surface area contributed by atoms with Crippen molar-refractivity contribution in [2.75, 3.05) is 0 Å². The summed E-state index contributed by atoms with van der Waals surface area (Å²) in [4.78, 5) is 12.7. The van der Waals surface area contributed by atoms with Crippen LogP contribution in [0.4, 0.5) is 0 Å². The molecule has 0 radical (unpaired) electrons. The van der Waals surface area contributed by atoms with Crippen LogP contribution >= 0.6 is 0 Å². The molecule has 1 fully saturated rings. The topological polar surface area (TPSA) is 48.0 Å². The summed E-state index contributed by atoms with van der Waals surface area (Å²) < 4.78 is 1.92. The average Bonchev–Trinajstić information content (AvgIpc) is 3.23. The molecular formula is C18H22N2O. The Morgan fingerprint density at radius 1 is 1.10 bits per heavy atom. The molecule has 1 aromatic carbocycles. The van der Waals surface area contributed by atoms with E-state index in [1.807, 2.05) is 29.7 Å². The van der Waals surface area contributed by atoms with Crippen LogP contribution in [0.1, 0.15) is 52.9 Å². The molecule has 1 aliphatic rings. The molecule has 3 rings (SSSR count). The van der Waals surface area contributed by atoms with Gasteiger partial charge in [-0.1, -0.05) is 23.8 Å². The Bertz CT molecular complexity index is 741. The number of rotatable bonds is 3. The number of aryl methyl sites for hydroxylation is 3. The highest BCUT2D eigenvalue weighted by Gasteiger charge is 2.27. The fourth-order valence-corrected chi connectivity index (χ4v) is 3.03. The molecule has 3 nitrogen and oxygen atoms in total. The van der Waals surface area contributed by atoms with Crippen molar-refractivity contribution in [3.63, 3.8) is 0 Å². The molecule has 1 heterocycles. The van der Waals surface area contributed by atoms with Crippen molar-refractivity contribution in [2.24, 2.45) is 5.73 Å². The summed E-state index contributed by atoms with van der Waals surface area (Å²) in [5, 5.41) is 0. The zero-order chi connectivity index (χ0) is 15.1. The molecule has 1 aromatic heterocycles. The normalized spacial score (nSPS) is 16.0. The van der Waals surface area contributed by atoms with Crippen LogP contribution in [0.3, 0.4) is 0 Å². The minimum absolute atomic E-state index is 0.0741.